The van der Waals surface area contributed by atoms with Crippen LogP contribution in [-0.4, -0.2) is 19.8 Å². The van der Waals surface area contributed by atoms with Crippen molar-refractivity contribution in [3.63, 3.8) is 0 Å². The molecular formula is C8H9FO3S. The molecule has 0 atom stereocenters. The second kappa shape index (κ2) is 3.43. The Hall–Kier alpha value is -0.940. The predicted octanol–water partition coefficient (Wildman–Crippen LogP) is 0.722. The van der Waals surface area contributed by atoms with E-state index in [-0.39, 0.29) is 17.1 Å². The third-order valence-corrected chi connectivity index (χ3v) is 2.63. The van der Waals surface area contributed by atoms with E-state index in [0.717, 1.165) is 18.4 Å². The zero-order chi connectivity index (χ0) is 10.1. The molecular weight excluding hydrogens is 195 g/mol. The number of hydrogen-bond donors (Lipinski definition) is 1. The fourth-order valence-electron chi connectivity index (χ4n) is 0.926. The van der Waals surface area contributed by atoms with E-state index in [2.05, 4.69) is 0 Å². The van der Waals surface area contributed by atoms with Crippen LogP contribution in [0.25, 0.3) is 0 Å². The summed E-state index contributed by atoms with van der Waals surface area (Å²) in [6.45, 7) is -0.375. The topological polar surface area (TPSA) is 54.4 Å². The first kappa shape index (κ1) is 10.1. The van der Waals surface area contributed by atoms with Crippen LogP contribution in [0.15, 0.2) is 23.1 Å². The van der Waals surface area contributed by atoms with Crippen molar-refractivity contribution in [2.24, 2.45) is 0 Å². The maximum atomic E-state index is 12.8. The zero-order valence-electron chi connectivity index (χ0n) is 6.99. The molecule has 1 aromatic carbocycles. The molecule has 3 nitrogen and oxygen atoms in total. The minimum absolute atomic E-state index is 0.114. The molecule has 1 aromatic rings. The van der Waals surface area contributed by atoms with Crippen molar-refractivity contribution in [2.75, 3.05) is 6.26 Å². The van der Waals surface area contributed by atoms with Crippen LogP contribution in [0.2, 0.25) is 0 Å². The lowest BCUT2D eigenvalue weighted by molar-refractivity contribution is 0.281. The number of benzene rings is 1. The van der Waals surface area contributed by atoms with Gasteiger partial charge in [-0.25, -0.2) is 12.8 Å². The number of aliphatic hydroxyl groups is 1. The highest BCUT2D eigenvalue weighted by molar-refractivity contribution is 7.90. The van der Waals surface area contributed by atoms with Gasteiger partial charge in [0.2, 0.25) is 0 Å². The predicted molar refractivity (Wildman–Crippen MR) is 45.4 cm³/mol. The summed E-state index contributed by atoms with van der Waals surface area (Å²) in [5.41, 5.74) is 0.250. The molecule has 0 amide bonds. The third-order valence-electron chi connectivity index (χ3n) is 1.54. The van der Waals surface area contributed by atoms with Gasteiger partial charge in [-0.3, -0.25) is 0 Å². The summed E-state index contributed by atoms with van der Waals surface area (Å²) in [5.74, 6) is -0.660. The first-order valence-electron chi connectivity index (χ1n) is 3.54. The average Bonchev–Trinajstić information content (AvgIpc) is 2.01. The fourth-order valence-corrected chi connectivity index (χ4v) is 1.62. The molecule has 0 aliphatic heterocycles. The lowest BCUT2D eigenvalue weighted by Crippen LogP contribution is -1.99. The maximum absolute atomic E-state index is 12.8. The Morgan fingerprint density at radius 2 is 2.00 bits per heavy atom. The molecule has 72 valence electrons. The molecule has 0 heterocycles. The highest BCUT2D eigenvalue weighted by atomic mass is 32.2. The van der Waals surface area contributed by atoms with Gasteiger partial charge in [0.1, 0.15) is 5.82 Å². The van der Waals surface area contributed by atoms with Crippen LogP contribution < -0.4 is 0 Å². The minimum Gasteiger partial charge on any atom is -0.392 e. The van der Waals surface area contributed by atoms with E-state index < -0.39 is 15.7 Å². The molecule has 0 saturated heterocycles. The number of rotatable bonds is 2. The van der Waals surface area contributed by atoms with E-state index in [1.807, 2.05) is 0 Å². The standard InChI is InChI=1S/C8H9FO3S/c1-13(11,12)8-3-6(5-10)2-7(9)4-8/h2-4,10H,5H2,1H3. The van der Waals surface area contributed by atoms with Gasteiger partial charge >= 0.3 is 0 Å². The summed E-state index contributed by atoms with van der Waals surface area (Å²) < 4.78 is 34.8. The van der Waals surface area contributed by atoms with E-state index in [0.29, 0.717) is 0 Å². The molecule has 0 spiro atoms. The Balaban J connectivity index is 3.33. The van der Waals surface area contributed by atoms with Crippen LogP contribution in [-0.2, 0) is 16.4 Å². The Bertz CT molecular complexity index is 411. The largest absolute Gasteiger partial charge is 0.392 e. The smallest absolute Gasteiger partial charge is 0.175 e. The molecule has 0 radical (unpaired) electrons. The van der Waals surface area contributed by atoms with Crippen LogP contribution in [0.5, 0.6) is 0 Å². The van der Waals surface area contributed by atoms with Crippen molar-refractivity contribution in [1.82, 2.24) is 0 Å². The molecule has 0 aliphatic carbocycles. The first-order chi connectivity index (χ1) is 5.93. The van der Waals surface area contributed by atoms with E-state index in [9.17, 15) is 12.8 Å². The lowest BCUT2D eigenvalue weighted by Gasteiger charge is -2.01. The molecule has 0 aromatic heterocycles. The normalized spacial score (nSPS) is 11.6. The summed E-state index contributed by atoms with van der Waals surface area (Å²) in [6.07, 6.45) is 0.989. The Kier molecular flexibility index (Phi) is 2.68. The van der Waals surface area contributed by atoms with E-state index in [4.69, 9.17) is 5.11 Å². The number of sulfone groups is 1. The van der Waals surface area contributed by atoms with Crippen LogP contribution in [0.4, 0.5) is 4.39 Å². The fraction of sp³-hybridized carbons (Fsp3) is 0.250. The van der Waals surface area contributed by atoms with Gasteiger partial charge in [0.25, 0.3) is 0 Å². The molecule has 0 saturated carbocycles. The van der Waals surface area contributed by atoms with Crippen LogP contribution >= 0.6 is 0 Å². The third kappa shape index (κ3) is 2.50. The van der Waals surface area contributed by atoms with Crippen molar-refractivity contribution < 1.29 is 17.9 Å². The summed E-state index contributed by atoms with van der Waals surface area (Å²) in [4.78, 5) is -0.114. The molecule has 0 aliphatic rings. The molecule has 1 N–H and O–H groups in total. The Morgan fingerprint density at radius 1 is 1.38 bits per heavy atom. The van der Waals surface area contributed by atoms with Gasteiger partial charge in [0.05, 0.1) is 11.5 Å². The number of aliphatic hydroxyl groups excluding tert-OH is 1. The van der Waals surface area contributed by atoms with Crippen molar-refractivity contribution in [1.29, 1.82) is 0 Å². The monoisotopic (exact) mass is 204 g/mol. The van der Waals surface area contributed by atoms with Gasteiger partial charge in [0.15, 0.2) is 9.84 Å². The molecule has 1 rings (SSSR count). The van der Waals surface area contributed by atoms with Crippen LogP contribution in [0.3, 0.4) is 0 Å². The highest BCUT2D eigenvalue weighted by Crippen LogP contribution is 2.14. The van der Waals surface area contributed by atoms with Crippen molar-refractivity contribution in [2.45, 2.75) is 11.5 Å². The van der Waals surface area contributed by atoms with Gasteiger partial charge < -0.3 is 5.11 Å². The number of halogens is 1. The Morgan fingerprint density at radius 3 is 2.46 bits per heavy atom. The summed E-state index contributed by atoms with van der Waals surface area (Å²) in [7, 11) is -3.41. The van der Waals surface area contributed by atoms with E-state index in [1.165, 1.54) is 6.07 Å². The van der Waals surface area contributed by atoms with Crippen LogP contribution in [0, 0.1) is 5.82 Å². The summed E-state index contributed by atoms with van der Waals surface area (Å²) in [6, 6.07) is 3.27. The average molecular weight is 204 g/mol. The second-order valence-electron chi connectivity index (χ2n) is 2.73. The van der Waals surface area contributed by atoms with Gasteiger partial charge in [-0.05, 0) is 23.8 Å². The molecule has 0 fully saturated rings. The quantitative estimate of drug-likeness (QED) is 0.772. The maximum Gasteiger partial charge on any atom is 0.175 e. The lowest BCUT2D eigenvalue weighted by atomic mass is 10.2. The Labute approximate surface area is 75.7 Å². The van der Waals surface area contributed by atoms with Crippen molar-refractivity contribution in [3.8, 4) is 0 Å². The van der Waals surface area contributed by atoms with E-state index in [1.54, 1.807) is 0 Å². The summed E-state index contributed by atoms with van der Waals surface area (Å²) >= 11 is 0. The van der Waals surface area contributed by atoms with Gasteiger partial charge in [-0.2, -0.15) is 0 Å². The zero-order valence-corrected chi connectivity index (χ0v) is 7.81. The summed E-state index contributed by atoms with van der Waals surface area (Å²) in [5, 5.41) is 8.69. The first-order valence-corrected chi connectivity index (χ1v) is 5.43. The number of hydrogen-bond acceptors (Lipinski definition) is 3. The van der Waals surface area contributed by atoms with Crippen molar-refractivity contribution >= 4 is 9.84 Å². The van der Waals surface area contributed by atoms with Crippen molar-refractivity contribution in [3.05, 3.63) is 29.6 Å². The molecule has 0 bridgehead atoms. The van der Waals surface area contributed by atoms with Gasteiger partial charge in [-0.1, -0.05) is 0 Å². The molecule has 0 unspecified atom stereocenters. The molecule has 5 heteroatoms. The van der Waals surface area contributed by atoms with Gasteiger partial charge in [0, 0.05) is 6.26 Å². The molecule has 13 heavy (non-hydrogen) atoms. The van der Waals surface area contributed by atoms with Crippen LogP contribution in [0.1, 0.15) is 5.56 Å². The highest BCUT2D eigenvalue weighted by Gasteiger charge is 2.09. The second-order valence-corrected chi connectivity index (χ2v) is 4.74. The SMILES string of the molecule is CS(=O)(=O)c1cc(F)cc(CO)c1. The van der Waals surface area contributed by atoms with E-state index >= 15 is 0 Å². The minimum atomic E-state index is -3.41. The van der Waals surface area contributed by atoms with Gasteiger partial charge in [-0.15, -0.1) is 0 Å².